The minimum atomic E-state index is 0.295. The van der Waals surface area contributed by atoms with Gasteiger partial charge in [0.25, 0.3) is 0 Å². The highest BCUT2D eigenvalue weighted by atomic mass is 16.6. The first-order valence-corrected chi connectivity index (χ1v) is 9.42. The second-order valence-electron chi connectivity index (χ2n) is 7.55. The van der Waals surface area contributed by atoms with E-state index in [0.29, 0.717) is 24.5 Å². The number of hydrogen-bond donors (Lipinski definition) is 0. The molecule has 2 aromatic carbocycles. The highest BCUT2D eigenvalue weighted by Gasteiger charge is 2.54. The Morgan fingerprint density at radius 3 is 2.73 bits per heavy atom. The molecule has 4 atom stereocenters. The van der Waals surface area contributed by atoms with E-state index in [4.69, 9.17) is 14.3 Å². The van der Waals surface area contributed by atoms with Gasteiger partial charge in [0.05, 0.1) is 12.8 Å². The van der Waals surface area contributed by atoms with E-state index in [1.165, 1.54) is 19.3 Å². The van der Waals surface area contributed by atoms with Gasteiger partial charge in [0.1, 0.15) is 12.7 Å². The topological polar surface area (TPSA) is 40.0 Å². The van der Waals surface area contributed by atoms with Gasteiger partial charge in [0.15, 0.2) is 11.5 Å². The van der Waals surface area contributed by atoms with Crippen LogP contribution in [0.4, 0.5) is 0 Å². The van der Waals surface area contributed by atoms with Crippen LogP contribution in [0.5, 0.6) is 11.5 Å². The molecule has 4 heteroatoms. The van der Waals surface area contributed by atoms with E-state index in [2.05, 4.69) is 23.4 Å². The fraction of sp³-hybridized carbons (Fsp3) is 0.409. The molecule has 2 aromatic rings. The van der Waals surface area contributed by atoms with Crippen LogP contribution in [0, 0.1) is 17.8 Å². The van der Waals surface area contributed by atoms with Crippen LogP contribution in [0.3, 0.4) is 0 Å². The molecule has 4 nitrogen and oxygen atoms in total. The molecule has 0 aromatic heterocycles. The van der Waals surface area contributed by atoms with Gasteiger partial charge in [-0.1, -0.05) is 35.5 Å². The van der Waals surface area contributed by atoms with Crippen molar-refractivity contribution in [3.05, 3.63) is 59.7 Å². The molecule has 0 spiro atoms. The third-order valence-electron chi connectivity index (χ3n) is 6.13. The van der Waals surface area contributed by atoms with Gasteiger partial charge >= 0.3 is 0 Å². The van der Waals surface area contributed by atoms with E-state index < -0.39 is 0 Å². The van der Waals surface area contributed by atoms with Crippen molar-refractivity contribution in [2.75, 3.05) is 7.11 Å². The van der Waals surface area contributed by atoms with E-state index in [1.54, 1.807) is 7.11 Å². The van der Waals surface area contributed by atoms with Gasteiger partial charge < -0.3 is 14.3 Å². The predicted octanol–water partition coefficient (Wildman–Crippen LogP) is 4.42. The summed E-state index contributed by atoms with van der Waals surface area (Å²) >= 11 is 0. The molecule has 2 aliphatic carbocycles. The molecule has 3 aliphatic rings. The minimum absolute atomic E-state index is 0.295. The molecule has 5 rings (SSSR count). The number of oxime groups is 1. The molecule has 0 saturated heterocycles. The maximum atomic E-state index is 5.97. The summed E-state index contributed by atoms with van der Waals surface area (Å²) in [4.78, 5) is 5.80. The maximum absolute atomic E-state index is 5.97. The second kappa shape index (κ2) is 6.35. The number of methoxy groups -OCH3 is 1. The maximum Gasteiger partial charge on any atom is 0.161 e. The standard InChI is InChI=1S/C22H23NO3/c1-24-19-12-16(9-10-18(19)25-13-14-5-3-2-4-6-14)21-20-15-7-8-17(11-15)22(20)26-23-21/h2-6,9-10,12,15,17,20,22H,7-8,11,13H2,1H3/t15-,17-,20-,22-/m1/s1. The Morgan fingerprint density at radius 1 is 1.04 bits per heavy atom. The highest BCUT2D eigenvalue weighted by molar-refractivity contribution is 6.04. The van der Waals surface area contributed by atoms with Crippen molar-refractivity contribution in [3.8, 4) is 11.5 Å². The molecule has 134 valence electrons. The SMILES string of the molecule is COc1cc(C2=NO[C@@H]3[C@@H]4CC[C@H](C4)[C@H]23)ccc1OCc1ccccc1. The van der Waals surface area contributed by atoms with Crippen LogP contribution in [0.1, 0.15) is 30.4 Å². The molecule has 2 saturated carbocycles. The Balaban J connectivity index is 1.36. The molecule has 26 heavy (non-hydrogen) atoms. The van der Waals surface area contributed by atoms with E-state index in [9.17, 15) is 0 Å². The van der Waals surface area contributed by atoms with Crippen molar-refractivity contribution >= 4 is 5.71 Å². The molecule has 0 amide bonds. The Kier molecular flexibility index (Phi) is 3.84. The molecular formula is C22H23NO3. The monoisotopic (exact) mass is 349 g/mol. The molecule has 0 radical (unpaired) electrons. The van der Waals surface area contributed by atoms with Gasteiger partial charge in [-0.15, -0.1) is 0 Å². The lowest BCUT2D eigenvalue weighted by atomic mass is 9.81. The zero-order valence-electron chi connectivity index (χ0n) is 14.9. The van der Waals surface area contributed by atoms with Crippen LogP contribution in [0.2, 0.25) is 0 Å². The normalized spacial score (nSPS) is 28.4. The molecule has 1 aliphatic heterocycles. The first-order valence-electron chi connectivity index (χ1n) is 9.42. The fourth-order valence-corrected chi connectivity index (χ4v) is 4.87. The van der Waals surface area contributed by atoms with Crippen LogP contribution in [0.15, 0.2) is 53.7 Å². The zero-order valence-corrected chi connectivity index (χ0v) is 14.9. The Hall–Kier alpha value is -2.49. The van der Waals surface area contributed by atoms with Crippen LogP contribution in [0.25, 0.3) is 0 Å². The average molecular weight is 349 g/mol. The number of ether oxygens (including phenoxy) is 2. The third-order valence-corrected chi connectivity index (χ3v) is 6.13. The first-order chi connectivity index (χ1) is 12.8. The fourth-order valence-electron chi connectivity index (χ4n) is 4.87. The van der Waals surface area contributed by atoms with Crippen LogP contribution in [-0.4, -0.2) is 18.9 Å². The molecular weight excluding hydrogens is 326 g/mol. The summed E-state index contributed by atoms with van der Waals surface area (Å²) in [6, 6.07) is 16.3. The van der Waals surface area contributed by atoms with Gasteiger partial charge in [-0.25, -0.2) is 0 Å². The third kappa shape index (κ3) is 2.56. The molecule has 0 unspecified atom stereocenters. The lowest BCUT2D eigenvalue weighted by Crippen LogP contribution is -2.29. The van der Waals surface area contributed by atoms with E-state index in [1.807, 2.05) is 30.3 Å². The van der Waals surface area contributed by atoms with Gasteiger partial charge in [0.2, 0.25) is 0 Å². The van der Waals surface area contributed by atoms with Crippen molar-refractivity contribution in [1.82, 2.24) is 0 Å². The number of hydrogen-bond acceptors (Lipinski definition) is 4. The summed E-state index contributed by atoms with van der Waals surface area (Å²) in [7, 11) is 1.68. The Labute approximate surface area is 153 Å². The zero-order chi connectivity index (χ0) is 17.5. The van der Waals surface area contributed by atoms with Crippen LogP contribution in [-0.2, 0) is 11.4 Å². The van der Waals surface area contributed by atoms with Crippen molar-refractivity contribution in [1.29, 1.82) is 0 Å². The predicted molar refractivity (Wildman–Crippen MR) is 99.5 cm³/mol. The Bertz CT molecular complexity index is 833. The van der Waals surface area contributed by atoms with Gasteiger partial charge in [-0.2, -0.15) is 0 Å². The summed E-state index contributed by atoms with van der Waals surface area (Å²) in [5.74, 6) is 3.37. The largest absolute Gasteiger partial charge is 0.493 e. The summed E-state index contributed by atoms with van der Waals surface area (Å²) in [6.45, 7) is 0.523. The van der Waals surface area contributed by atoms with Gasteiger partial charge in [-0.3, -0.25) is 0 Å². The lowest BCUT2D eigenvalue weighted by molar-refractivity contribution is 0.0275. The number of benzene rings is 2. The first kappa shape index (κ1) is 15.7. The van der Waals surface area contributed by atoms with E-state index >= 15 is 0 Å². The van der Waals surface area contributed by atoms with E-state index in [0.717, 1.165) is 34.3 Å². The van der Waals surface area contributed by atoms with Crippen molar-refractivity contribution in [3.63, 3.8) is 0 Å². The summed E-state index contributed by atoms with van der Waals surface area (Å²) in [5, 5.41) is 4.45. The van der Waals surface area contributed by atoms with Crippen molar-refractivity contribution in [2.24, 2.45) is 22.9 Å². The van der Waals surface area contributed by atoms with E-state index in [-0.39, 0.29) is 0 Å². The van der Waals surface area contributed by atoms with Crippen LogP contribution >= 0.6 is 0 Å². The highest BCUT2D eigenvalue weighted by Crippen LogP contribution is 2.53. The molecule has 0 N–H and O–H groups in total. The average Bonchev–Trinajstić information content (AvgIpc) is 3.40. The molecule has 1 heterocycles. The molecule has 2 bridgehead atoms. The second-order valence-corrected chi connectivity index (χ2v) is 7.55. The van der Waals surface area contributed by atoms with Crippen molar-refractivity contribution < 1.29 is 14.3 Å². The number of nitrogens with zero attached hydrogens (tertiary/aromatic N) is 1. The Morgan fingerprint density at radius 2 is 1.88 bits per heavy atom. The summed E-state index contributed by atoms with van der Waals surface area (Å²) in [6.07, 6.45) is 4.20. The van der Waals surface area contributed by atoms with Crippen molar-refractivity contribution in [2.45, 2.75) is 32.0 Å². The summed E-state index contributed by atoms with van der Waals surface area (Å²) < 4.78 is 11.6. The minimum Gasteiger partial charge on any atom is -0.493 e. The van der Waals surface area contributed by atoms with Crippen LogP contribution < -0.4 is 9.47 Å². The smallest absolute Gasteiger partial charge is 0.161 e. The molecule has 2 fully saturated rings. The van der Waals surface area contributed by atoms with Gasteiger partial charge in [-0.05, 0) is 54.9 Å². The number of rotatable bonds is 5. The quantitative estimate of drug-likeness (QED) is 0.802. The lowest BCUT2D eigenvalue weighted by Gasteiger charge is -2.23. The van der Waals surface area contributed by atoms with Gasteiger partial charge in [0, 0.05) is 11.5 Å². The number of fused-ring (bicyclic) bond motifs is 5. The summed E-state index contributed by atoms with van der Waals surface area (Å²) in [5.41, 5.74) is 3.32.